The van der Waals surface area contributed by atoms with Gasteiger partial charge in [0.15, 0.2) is 0 Å². The summed E-state index contributed by atoms with van der Waals surface area (Å²) in [4.78, 5) is 15.2. The van der Waals surface area contributed by atoms with Crippen LogP contribution in [0, 0.1) is 0 Å². The van der Waals surface area contributed by atoms with Crippen LogP contribution < -0.4 is 5.32 Å². The topological polar surface area (TPSA) is 70.4 Å². The van der Waals surface area contributed by atoms with Gasteiger partial charge in [0.25, 0.3) is 5.91 Å². The van der Waals surface area contributed by atoms with Crippen LogP contribution in [0.25, 0.3) is 0 Å². The lowest BCUT2D eigenvalue weighted by atomic mass is 9.93. The van der Waals surface area contributed by atoms with Gasteiger partial charge in [-0.15, -0.1) is 0 Å². The van der Waals surface area contributed by atoms with Gasteiger partial charge in [-0.1, -0.05) is 29.3 Å². The van der Waals surface area contributed by atoms with Crippen LogP contribution >= 0.6 is 23.2 Å². The SMILES string of the molecule is CC1=C(C(=O)N2CCC(O)CC2)C(c2ccc(Cl)c(Cl)c2)n2nccc2N1. The number of halogens is 2. The Kier molecular flexibility index (Phi) is 4.88. The summed E-state index contributed by atoms with van der Waals surface area (Å²) >= 11 is 12.3. The van der Waals surface area contributed by atoms with Crippen molar-refractivity contribution in [1.82, 2.24) is 14.7 Å². The molecule has 1 aromatic heterocycles. The molecule has 3 heterocycles. The molecule has 1 atom stereocenters. The van der Waals surface area contributed by atoms with Gasteiger partial charge in [-0.2, -0.15) is 5.10 Å². The van der Waals surface area contributed by atoms with Gasteiger partial charge < -0.3 is 15.3 Å². The number of allylic oxidation sites excluding steroid dienone is 1. The van der Waals surface area contributed by atoms with Crippen molar-refractivity contribution in [1.29, 1.82) is 0 Å². The molecule has 1 saturated heterocycles. The number of nitrogens with zero attached hydrogens (tertiary/aromatic N) is 3. The molecule has 142 valence electrons. The molecule has 0 saturated carbocycles. The summed E-state index contributed by atoms with van der Waals surface area (Å²) in [5.74, 6) is 0.762. The number of aliphatic hydroxyl groups is 1. The summed E-state index contributed by atoms with van der Waals surface area (Å²) in [6.45, 7) is 2.97. The van der Waals surface area contributed by atoms with Gasteiger partial charge in [0.05, 0.1) is 27.9 Å². The molecule has 0 aliphatic carbocycles. The fraction of sp³-hybridized carbons (Fsp3) is 0.368. The van der Waals surface area contributed by atoms with Crippen molar-refractivity contribution in [2.45, 2.75) is 31.9 Å². The van der Waals surface area contributed by atoms with Gasteiger partial charge in [-0.3, -0.25) is 4.79 Å². The van der Waals surface area contributed by atoms with Crippen molar-refractivity contribution in [3.05, 3.63) is 57.3 Å². The number of piperidine rings is 1. The largest absolute Gasteiger partial charge is 0.393 e. The summed E-state index contributed by atoms with van der Waals surface area (Å²) in [5.41, 5.74) is 2.26. The zero-order valence-electron chi connectivity index (χ0n) is 14.8. The molecule has 2 aromatic rings. The number of hydrogen-bond donors (Lipinski definition) is 2. The highest BCUT2D eigenvalue weighted by atomic mass is 35.5. The van der Waals surface area contributed by atoms with Gasteiger partial charge in [-0.25, -0.2) is 4.68 Å². The molecule has 27 heavy (non-hydrogen) atoms. The lowest BCUT2D eigenvalue weighted by Crippen LogP contribution is -2.43. The number of likely N-dealkylation sites (tertiary alicyclic amines) is 1. The third kappa shape index (κ3) is 3.33. The number of amides is 1. The highest BCUT2D eigenvalue weighted by Gasteiger charge is 2.36. The van der Waals surface area contributed by atoms with Crippen molar-refractivity contribution in [2.75, 3.05) is 18.4 Å². The minimum atomic E-state index is -0.398. The smallest absolute Gasteiger partial charge is 0.254 e. The van der Waals surface area contributed by atoms with Crippen LogP contribution in [0.4, 0.5) is 5.82 Å². The molecular weight excluding hydrogens is 387 g/mol. The summed E-state index contributed by atoms with van der Waals surface area (Å²) in [7, 11) is 0. The lowest BCUT2D eigenvalue weighted by molar-refractivity contribution is -0.129. The van der Waals surface area contributed by atoms with Gasteiger partial charge in [0.1, 0.15) is 11.9 Å². The Balaban J connectivity index is 1.77. The van der Waals surface area contributed by atoms with E-state index in [2.05, 4.69) is 10.4 Å². The molecule has 0 spiro atoms. The van der Waals surface area contributed by atoms with Gasteiger partial charge in [-0.05, 0) is 37.5 Å². The van der Waals surface area contributed by atoms with Crippen LogP contribution in [-0.4, -0.2) is 44.9 Å². The number of hydrogen-bond acceptors (Lipinski definition) is 4. The van der Waals surface area contributed by atoms with E-state index in [0.29, 0.717) is 41.5 Å². The first-order valence-electron chi connectivity index (χ1n) is 8.89. The monoisotopic (exact) mass is 406 g/mol. The van der Waals surface area contributed by atoms with E-state index < -0.39 is 6.04 Å². The predicted molar refractivity (Wildman–Crippen MR) is 105 cm³/mol. The molecule has 8 heteroatoms. The van der Waals surface area contributed by atoms with Crippen molar-refractivity contribution in [3.63, 3.8) is 0 Å². The zero-order valence-corrected chi connectivity index (χ0v) is 16.3. The Bertz CT molecular complexity index is 916. The van der Waals surface area contributed by atoms with Crippen LogP contribution in [0.2, 0.25) is 10.0 Å². The first-order chi connectivity index (χ1) is 13.0. The van der Waals surface area contributed by atoms with E-state index in [9.17, 15) is 9.90 Å². The minimum Gasteiger partial charge on any atom is -0.393 e. The van der Waals surface area contributed by atoms with Crippen LogP contribution in [0.15, 0.2) is 41.7 Å². The number of fused-ring (bicyclic) bond motifs is 1. The molecule has 0 radical (unpaired) electrons. The Morgan fingerprint density at radius 1 is 1.22 bits per heavy atom. The van der Waals surface area contributed by atoms with Gasteiger partial charge in [0.2, 0.25) is 0 Å². The number of aliphatic hydroxyl groups excluding tert-OH is 1. The summed E-state index contributed by atoms with van der Waals surface area (Å²) in [6.07, 6.45) is 2.55. The Labute approximate surface area is 167 Å². The van der Waals surface area contributed by atoms with Gasteiger partial charge in [0, 0.05) is 24.9 Å². The number of carbonyl (C=O) groups excluding carboxylic acids is 1. The molecule has 2 N–H and O–H groups in total. The second-order valence-corrected chi connectivity index (χ2v) is 7.74. The third-order valence-electron chi connectivity index (χ3n) is 5.15. The first kappa shape index (κ1) is 18.3. The summed E-state index contributed by atoms with van der Waals surface area (Å²) in [5, 5.41) is 18.4. The molecule has 1 aromatic carbocycles. The highest BCUT2D eigenvalue weighted by molar-refractivity contribution is 6.42. The van der Waals surface area contributed by atoms with E-state index in [0.717, 1.165) is 17.1 Å². The fourth-order valence-corrected chi connectivity index (χ4v) is 4.02. The van der Waals surface area contributed by atoms with Crippen LogP contribution in [0.1, 0.15) is 31.4 Å². The predicted octanol–water partition coefficient (Wildman–Crippen LogP) is 3.46. The highest BCUT2D eigenvalue weighted by Crippen LogP contribution is 2.38. The minimum absolute atomic E-state index is 0.0517. The average molecular weight is 407 g/mol. The van der Waals surface area contributed by atoms with Crippen molar-refractivity contribution in [2.24, 2.45) is 0 Å². The number of rotatable bonds is 2. The van der Waals surface area contributed by atoms with Crippen molar-refractivity contribution >= 4 is 34.9 Å². The van der Waals surface area contributed by atoms with E-state index in [4.69, 9.17) is 23.2 Å². The molecule has 4 rings (SSSR count). The van der Waals surface area contributed by atoms with E-state index in [1.54, 1.807) is 27.9 Å². The van der Waals surface area contributed by atoms with E-state index >= 15 is 0 Å². The molecule has 6 nitrogen and oxygen atoms in total. The quantitative estimate of drug-likeness (QED) is 0.800. The standard InChI is InChI=1S/C19H20Cl2N4O2/c1-11-17(19(27)24-8-5-13(26)6-9-24)18(25-16(23-11)4-7-22-25)12-2-3-14(20)15(21)10-12/h2-4,7,10,13,18,23,26H,5-6,8-9H2,1H3. The molecule has 0 bridgehead atoms. The average Bonchev–Trinajstić information content (AvgIpc) is 3.11. The number of nitrogens with one attached hydrogen (secondary N) is 1. The third-order valence-corrected chi connectivity index (χ3v) is 5.89. The Morgan fingerprint density at radius 2 is 1.96 bits per heavy atom. The molecule has 1 fully saturated rings. The second kappa shape index (κ2) is 7.19. The second-order valence-electron chi connectivity index (χ2n) is 6.92. The van der Waals surface area contributed by atoms with Crippen molar-refractivity contribution in [3.8, 4) is 0 Å². The van der Waals surface area contributed by atoms with Crippen molar-refractivity contribution < 1.29 is 9.90 Å². The lowest BCUT2D eigenvalue weighted by Gasteiger charge is -2.35. The number of anilines is 1. The van der Waals surface area contributed by atoms with Crippen LogP contribution in [-0.2, 0) is 4.79 Å². The van der Waals surface area contributed by atoms with E-state index in [-0.39, 0.29) is 12.0 Å². The summed E-state index contributed by atoms with van der Waals surface area (Å²) < 4.78 is 1.79. The maximum atomic E-state index is 13.4. The molecule has 1 amide bonds. The van der Waals surface area contributed by atoms with Gasteiger partial charge >= 0.3 is 0 Å². The first-order valence-corrected chi connectivity index (χ1v) is 9.65. The zero-order chi connectivity index (χ0) is 19.1. The molecule has 2 aliphatic rings. The maximum Gasteiger partial charge on any atom is 0.254 e. The van der Waals surface area contributed by atoms with E-state index in [1.165, 1.54) is 0 Å². The van der Waals surface area contributed by atoms with Crippen LogP contribution in [0.3, 0.4) is 0 Å². The summed E-state index contributed by atoms with van der Waals surface area (Å²) in [6, 6.07) is 6.86. The number of benzene rings is 1. The Hall–Kier alpha value is -2.02. The Morgan fingerprint density at radius 3 is 2.67 bits per heavy atom. The fourth-order valence-electron chi connectivity index (χ4n) is 3.71. The normalized spacial score (nSPS) is 20.4. The molecular formula is C19H20Cl2N4O2. The number of carbonyl (C=O) groups is 1. The van der Waals surface area contributed by atoms with E-state index in [1.807, 2.05) is 19.1 Å². The molecule has 1 unspecified atom stereocenters. The van der Waals surface area contributed by atoms with Crippen LogP contribution in [0.5, 0.6) is 0 Å². The molecule has 2 aliphatic heterocycles. The maximum absolute atomic E-state index is 13.4. The number of aromatic nitrogens is 2.